The van der Waals surface area contributed by atoms with Gasteiger partial charge >= 0.3 is 0 Å². The summed E-state index contributed by atoms with van der Waals surface area (Å²) in [5.41, 5.74) is 3.21. The number of hydrogen-bond acceptors (Lipinski definition) is 3. The highest BCUT2D eigenvalue weighted by Gasteiger charge is 2.34. The van der Waals surface area contributed by atoms with Gasteiger partial charge in [-0.1, -0.05) is 17.8 Å². The summed E-state index contributed by atoms with van der Waals surface area (Å²) in [5.74, 6) is 0.875. The van der Waals surface area contributed by atoms with E-state index in [0.29, 0.717) is 6.04 Å². The summed E-state index contributed by atoms with van der Waals surface area (Å²) in [7, 11) is 0. The maximum absolute atomic E-state index is 13.4. The summed E-state index contributed by atoms with van der Waals surface area (Å²) in [6.07, 6.45) is 4.47. The number of benzene rings is 1. The molecule has 0 spiro atoms. The second-order valence-electron chi connectivity index (χ2n) is 5.32. The predicted octanol–water partition coefficient (Wildman–Crippen LogP) is 3.38. The summed E-state index contributed by atoms with van der Waals surface area (Å²) in [6, 6.07) is 9.42. The van der Waals surface area contributed by atoms with Crippen LogP contribution in [-0.4, -0.2) is 26.8 Å². The number of rotatable bonds is 1. The normalized spacial score (nSPS) is 22.2. The SMILES string of the molecule is Fc1ccc2c(c1)CN1C(=Nc3cccnc3)SC[C@@H]1C2. The number of hydrogen-bond donors (Lipinski definition) is 0. The van der Waals surface area contributed by atoms with Crippen molar-refractivity contribution >= 4 is 22.6 Å². The van der Waals surface area contributed by atoms with Crippen LogP contribution in [0.25, 0.3) is 0 Å². The molecule has 0 N–H and O–H groups in total. The van der Waals surface area contributed by atoms with Crippen LogP contribution in [-0.2, 0) is 13.0 Å². The maximum atomic E-state index is 13.4. The first-order valence-corrected chi connectivity index (χ1v) is 7.93. The molecular formula is C16H14FN3S. The highest BCUT2D eigenvalue weighted by molar-refractivity contribution is 8.14. The summed E-state index contributed by atoms with van der Waals surface area (Å²) in [6.45, 7) is 0.740. The molecule has 0 bridgehead atoms. The Hall–Kier alpha value is -1.88. The molecule has 1 aromatic carbocycles. The van der Waals surface area contributed by atoms with Gasteiger partial charge in [0.2, 0.25) is 0 Å². The highest BCUT2D eigenvalue weighted by atomic mass is 32.2. The largest absolute Gasteiger partial charge is 0.343 e. The molecule has 1 atom stereocenters. The minimum Gasteiger partial charge on any atom is -0.343 e. The number of amidine groups is 1. The lowest BCUT2D eigenvalue weighted by Crippen LogP contribution is -2.38. The highest BCUT2D eigenvalue weighted by Crippen LogP contribution is 2.34. The van der Waals surface area contributed by atoms with Crippen LogP contribution in [0.1, 0.15) is 11.1 Å². The first-order valence-electron chi connectivity index (χ1n) is 6.95. The molecule has 0 radical (unpaired) electrons. The van der Waals surface area contributed by atoms with Gasteiger partial charge in [-0.2, -0.15) is 0 Å². The molecule has 21 heavy (non-hydrogen) atoms. The number of fused-ring (bicyclic) bond motifs is 2. The molecule has 0 amide bonds. The Morgan fingerprint density at radius 3 is 3.10 bits per heavy atom. The van der Waals surface area contributed by atoms with Gasteiger partial charge in [-0.25, -0.2) is 9.38 Å². The molecule has 0 saturated carbocycles. The Morgan fingerprint density at radius 2 is 2.24 bits per heavy atom. The van der Waals surface area contributed by atoms with E-state index in [-0.39, 0.29) is 5.82 Å². The van der Waals surface area contributed by atoms with E-state index in [9.17, 15) is 4.39 Å². The third kappa shape index (κ3) is 2.42. The molecule has 1 aromatic heterocycles. The van der Waals surface area contributed by atoms with Crippen LogP contribution in [0.3, 0.4) is 0 Å². The molecule has 106 valence electrons. The lowest BCUT2D eigenvalue weighted by Gasteiger charge is -2.32. The van der Waals surface area contributed by atoms with Gasteiger partial charge in [-0.3, -0.25) is 4.98 Å². The molecule has 3 nitrogen and oxygen atoms in total. The van der Waals surface area contributed by atoms with Gasteiger partial charge in [0.15, 0.2) is 5.17 Å². The number of pyridine rings is 1. The molecule has 1 fully saturated rings. The van der Waals surface area contributed by atoms with Gasteiger partial charge in [0.05, 0.1) is 11.9 Å². The standard InChI is InChI=1S/C16H14FN3S/c17-13-4-3-11-7-15-10-21-16(20(15)9-12(11)6-13)19-14-2-1-5-18-8-14/h1-6,8,15H,7,9-10H2/t15-/m0/s1. The van der Waals surface area contributed by atoms with Crippen molar-refractivity contribution in [3.63, 3.8) is 0 Å². The second kappa shape index (κ2) is 5.15. The maximum Gasteiger partial charge on any atom is 0.165 e. The van der Waals surface area contributed by atoms with E-state index in [2.05, 4.69) is 14.9 Å². The van der Waals surface area contributed by atoms with Crippen molar-refractivity contribution in [3.8, 4) is 0 Å². The van der Waals surface area contributed by atoms with Crippen LogP contribution in [0.2, 0.25) is 0 Å². The number of aliphatic imine (C=N–C) groups is 1. The second-order valence-corrected chi connectivity index (χ2v) is 6.30. The number of aromatic nitrogens is 1. The van der Waals surface area contributed by atoms with Crippen molar-refractivity contribution in [1.29, 1.82) is 0 Å². The Bertz CT molecular complexity index is 702. The van der Waals surface area contributed by atoms with Crippen LogP contribution in [0, 0.1) is 5.82 Å². The Labute approximate surface area is 126 Å². The van der Waals surface area contributed by atoms with E-state index >= 15 is 0 Å². The van der Waals surface area contributed by atoms with E-state index < -0.39 is 0 Å². The summed E-state index contributed by atoms with van der Waals surface area (Å²) < 4.78 is 13.4. The van der Waals surface area contributed by atoms with Crippen molar-refractivity contribution in [2.75, 3.05) is 5.75 Å². The van der Waals surface area contributed by atoms with Gasteiger partial charge in [-0.05, 0) is 41.8 Å². The molecule has 1 saturated heterocycles. The van der Waals surface area contributed by atoms with Gasteiger partial charge in [0.25, 0.3) is 0 Å². The van der Waals surface area contributed by atoms with Gasteiger partial charge in [-0.15, -0.1) is 0 Å². The summed E-state index contributed by atoms with van der Waals surface area (Å²) >= 11 is 1.77. The first kappa shape index (κ1) is 12.8. The fourth-order valence-corrected chi connectivity index (χ4v) is 4.06. The lowest BCUT2D eigenvalue weighted by molar-refractivity contribution is 0.319. The molecule has 5 heteroatoms. The minimum atomic E-state index is -0.162. The number of nitrogens with zero attached hydrogens (tertiary/aromatic N) is 3. The van der Waals surface area contributed by atoms with E-state index in [4.69, 9.17) is 0 Å². The van der Waals surface area contributed by atoms with Crippen molar-refractivity contribution in [1.82, 2.24) is 9.88 Å². The number of halogens is 1. The van der Waals surface area contributed by atoms with E-state index in [1.165, 1.54) is 5.56 Å². The Morgan fingerprint density at radius 1 is 1.29 bits per heavy atom. The van der Waals surface area contributed by atoms with Gasteiger partial charge in [0, 0.05) is 24.5 Å². The molecule has 0 aliphatic carbocycles. The number of thioether (sulfide) groups is 1. The van der Waals surface area contributed by atoms with Gasteiger partial charge < -0.3 is 4.90 Å². The Kier molecular flexibility index (Phi) is 3.15. The van der Waals surface area contributed by atoms with E-state index in [1.807, 2.05) is 18.2 Å². The minimum absolute atomic E-state index is 0.162. The van der Waals surface area contributed by atoms with Crippen LogP contribution in [0.15, 0.2) is 47.7 Å². The third-order valence-corrected chi connectivity index (χ3v) is 5.06. The monoisotopic (exact) mass is 299 g/mol. The zero-order valence-corrected chi connectivity index (χ0v) is 12.2. The third-order valence-electron chi connectivity index (χ3n) is 3.93. The van der Waals surface area contributed by atoms with Crippen LogP contribution in [0.5, 0.6) is 0 Å². The average Bonchev–Trinajstić information content (AvgIpc) is 2.88. The van der Waals surface area contributed by atoms with E-state index in [0.717, 1.165) is 35.1 Å². The molecule has 2 aromatic rings. The summed E-state index contributed by atoms with van der Waals surface area (Å²) in [4.78, 5) is 11.1. The topological polar surface area (TPSA) is 28.5 Å². The first-order chi connectivity index (χ1) is 10.3. The molecule has 0 unspecified atom stereocenters. The van der Waals surface area contributed by atoms with Crippen LogP contribution < -0.4 is 0 Å². The fourth-order valence-electron chi connectivity index (χ4n) is 2.87. The molecule has 2 aliphatic rings. The fraction of sp³-hybridized carbons (Fsp3) is 0.250. The molecule has 3 heterocycles. The average molecular weight is 299 g/mol. The predicted molar refractivity (Wildman–Crippen MR) is 83.2 cm³/mol. The quantitative estimate of drug-likeness (QED) is 0.808. The lowest BCUT2D eigenvalue weighted by atomic mass is 9.95. The van der Waals surface area contributed by atoms with Crippen molar-refractivity contribution < 1.29 is 4.39 Å². The molecule has 4 rings (SSSR count). The zero-order chi connectivity index (χ0) is 14.2. The Balaban J connectivity index is 1.66. The van der Waals surface area contributed by atoms with E-state index in [1.54, 1.807) is 36.3 Å². The smallest absolute Gasteiger partial charge is 0.165 e. The van der Waals surface area contributed by atoms with Gasteiger partial charge in [0.1, 0.15) is 5.82 Å². The zero-order valence-electron chi connectivity index (χ0n) is 11.4. The van der Waals surface area contributed by atoms with Crippen molar-refractivity contribution in [2.24, 2.45) is 4.99 Å². The van der Waals surface area contributed by atoms with Crippen molar-refractivity contribution in [2.45, 2.75) is 19.0 Å². The van der Waals surface area contributed by atoms with Crippen LogP contribution in [0.4, 0.5) is 10.1 Å². The van der Waals surface area contributed by atoms with Crippen LogP contribution >= 0.6 is 11.8 Å². The molecule has 2 aliphatic heterocycles. The molecular weight excluding hydrogens is 285 g/mol. The van der Waals surface area contributed by atoms with Crippen molar-refractivity contribution in [3.05, 3.63) is 59.7 Å². The summed E-state index contributed by atoms with van der Waals surface area (Å²) in [5, 5.41) is 1.02.